The lowest BCUT2D eigenvalue weighted by Gasteiger charge is -2.42. The first-order valence-electron chi connectivity index (χ1n) is 11.7. The van der Waals surface area contributed by atoms with Crippen LogP contribution in [0.2, 0.25) is 5.02 Å². The summed E-state index contributed by atoms with van der Waals surface area (Å²) in [7, 11) is -3.67. The van der Waals surface area contributed by atoms with E-state index in [9.17, 15) is 13.2 Å². The first-order chi connectivity index (χ1) is 16.1. The summed E-state index contributed by atoms with van der Waals surface area (Å²) in [6, 6.07) is 11.8. The maximum absolute atomic E-state index is 13.1. The summed E-state index contributed by atoms with van der Waals surface area (Å²) in [5.41, 5.74) is 3.91. The van der Waals surface area contributed by atoms with Gasteiger partial charge in [0.15, 0.2) is 0 Å². The largest absolute Gasteiger partial charge is 0.378 e. The van der Waals surface area contributed by atoms with E-state index >= 15 is 0 Å². The van der Waals surface area contributed by atoms with Gasteiger partial charge in [0.25, 0.3) is 5.91 Å². The number of halogens is 1. The van der Waals surface area contributed by atoms with Gasteiger partial charge in [0.1, 0.15) is 0 Å². The molecule has 7 nitrogen and oxygen atoms in total. The zero-order valence-electron chi connectivity index (χ0n) is 19.4. The molecule has 2 aromatic rings. The SMILES string of the molecule is CC1(C)Cc2cc(Cl)cc(C(=O)NS(=O)(=O)C3CC3)c2NC1c1cccc(N2CCOCC2)c1. The van der Waals surface area contributed by atoms with Crippen molar-refractivity contribution in [1.29, 1.82) is 0 Å². The number of sulfonamides is 1. The van der Waals surface area contributed by atoms with E-state index in [0.29, 0.717) is 43.2 Å². The Balaban J connectivity index is 1.48. The third-order valence-corrected chi connectivity index (χ3v) is 8.96. The molecule has 0 aromatic heterocycles. The molecule has 2 aliphatic heterocycles. The second kappa shape index (κ2) is 8.73. The van der Waals surface area contributed by atoms with Crippen LogP contribution in [0.1, 0.15) is 54.2 Å². The van der Waals surface area contributed by atoms with Crippen LogP contribution in [0, 0.1) is 5.41 Å². The van der Waals surface area contributed by atoms with Crippen LogP contribution < -0.4 is 14.9 Å². The monoisotopic (exact) mass is 503 g/mol. The molecule has 0 radical (unpaired) electrons. The summed E-state index contributed by atoms with van der Waals surface area (Å²) >= 11 is 6.35. The molecule has 5 rings (SSSR count). The molecule has 1 saturated heterocycles. The van der Waals surface area contributed by atoms with Crippen LogP contribution in [-0.4, -0.2) is 45.9 Å². The zero-order chi connectivity index (χ0) is 24.1. The molecule has 1 atom stereocenters. The van der Waals surface area contributed by atoms with Gasteiger partial charge in [0, 0.05) is 23.8 Å². The van der Waals surface area contributed by atoms with Crippen LogP contribution in [0.25, 0.3) is 0 Å². The molecular formula is C25H30ClN3O4S. The minimum atomic E-state index is -3.67. The van der Waals surface area contributed by atoms with Gasteiger partial charge in [-0.1, -0.05) is 37.6 Å². The van der Waals surface area contributed by atoms with Crippen molar-refractivity contribution in [3.63, 3.8) is 0 Å². The smallest absolute Gasteiger partial charge is 0.266 e. The lowest BCUT2D eigenvalue weighted by molar-refractivity contribution is 0.0981. The van der Waals surface area contributed by atoms with Crippen LogP contribution in [0.15, 0.2) is 36.4 Å². The molecule has 0 bridgehead atoms. The van der Waals surface area contributed by atoms with Crippen LogP contribution >= 0.6 is 11.6 Å². The Morgan fingerprint density at radius 1 is 1.18 bits per heavy atom. The number of fused-ring (bicyclic) bond motifs is 1. The van der Waals surface area contributed by atoms with Crippen LogP contribution in [-0.2, 0) is 21.2 Å². The molecule has 9 heteroatoms. The van der Waals surface area contributed by atoms with Crippen LogP contribution in [0.5, 0.6) is 0 Å². The fourth-order valence-electron chi connectivity index (χ4n) is 4.99. The highest BCUT2D eigenvalue weighted by Crippen LogP contribution is 2.47. The number of hydrogen-bond acceptors (Lipinski definition) is 6. The van der Waals surface area contributed by atoms with Crippen LogP contribution in [0.4, 0.5) is 11.4 Å². The van der Waals surface area contributed by atoms with Gasteiger partial charge < -0.3 is 15.0 Å². The number of nitrogens with zero attached hydrogens (tertiary/aromatic N) is 1. The maximum atomic E-state index is 13.1. The number of morpholine rings is 1. The Morgan fingerprint density at radius 3 is 2.62 bits per heavy atom. The van der Waals surface area contributed by atoms with E-state index in [1.54, 1.807) is 6.07 Å². The van der Waals surface area contributed by atoms with Gasteiger partial charge in [0.05, 0.1) is 35.8 Å². The van der Waals surface area contributed by atoms with E-state index in [1.165, 1.54) is 0 Å². The van der Waals surface area contributed by atoms with Crippen molar-refractivity contribution in [2.45, 2.75) is 44.4 Å². The Labute approximate surface area is 205 Å². The summed E-state index contributed by atoms with van der Waals surface area (Å²) in [5.74, 6) is -0.640. The number of amides is 1. The number of anilines is 2. The number of nitrogens with one attached hydrogen (secondary N) is 2. The molecule has 1 saturated carbocycles. The van der Waals surface area contributed by atoms with Gasteiger partial charge in [-0.15, -0.1) is 0 Å². The average Bonchev–Trinajstić information content (AvgIpc) is 3.64. The van der Waals surface area contributed by atoms with E-state index in [2.05, 4.69) is 53.1 Å². The van der Waals surface area contributed by atoms with Gasteiger partial charge in [0.2, 0.25) is 10.0 Å². The molecule has 3 aliphatic rings. The molecule has 2 N–H and O–H groups in total. The van der Waals surface area contributed by atoms with E-state index in [1.807, 2.05) is 6.07 Å². The third-order valence-electron chi connectivity index (χ3n) is 6.92. The van der Waals surface area contributed by atoms with Gasteiger partial charge in [-0.3, -0.25) is 4.79 Å². The molecule has 2 fully saturated rings. The van der Waals surface area contributed by atoms with Crippen molar-refractivity contribution in [3.05, 3.63) is 58.1 Å². The molecule has 2 aromatic carbocycles. The summed E-state index contributed by atoms with van der Waals surface area (Å²) in [6.45, 7) is 7.51. The number of carbonyl (C=O) groups is 1. The number of benzene rings is 2. The molecule has 2 heterocycles. The van der Waals surface area contributed by atoms with Crippen molar-refractivity contribution < 1.29 is 17.9 Å². The van der Waals surface area contributed by atoms with Crippen molar-refractivity contribution in [2.75, 3.05) is 36.5 Å². The summed E-state index contributed by atoms with van der Waals surface area (Å²) in [6.07, 6.45) is 1.87. The number of rotatable bonds is 5. The highest BCUT2D eigenvalue weighted by atomic mass is 35.5. The van der Waals surface area contributed by atoms with Crippen molar-refractivity contribution >= 4 is 38.9 Å². The van der Waals surface area contributed by atoms with Gasteiger partial charge >= 0.3 is 0 Å². The standard InChI is InChI=1S/C25H30ClN3O4S/c1-25(2)15-17-12-18(26)14-21(24(30)28-34(31,32)20-6-7-20)22(17)27-23(25)16-4-3-5-19(13-16)29-8-10-33-11-9-29/h3-5,12-14,20,23,27H,6-11,15H2,1-2H3,(H,28,30). The highest BCUT2D eigenvalue weighted by molar-refractivity contribution is 7.91. The van der Waals surface area contributed by atoms with Crippen LogP contribution in [0.3, 0.4) is 0 Å². The summed E-state index contributed by atoms with van der Waals surface area (Å²) < 4.78 is 32.6. The molecule has 1 aliphatic carbocycles. The first-order valence-corrected chi connectivity index (χ1v) is 13.6. The van der Waals surface area contributed by atoms with Crippen molar-refractivity contribution in [1.82, 2.24) is 4.72 Å². The van der Waals surface area contributed by atoms with E-state index < -0.39 is 21.2 Å². The Kier molecular flexibility index (Phi) is 6.02. The second-order valence-corrected chi connectivity index (χ2v) is 12.5. The average molecular weight is 504 g/mol. The Morgan fingerprint density at radius 2 is 1.91 bits per heavy atom. The quantitative estimate of drug-likeness (QED) is 0.637. The molecule has 1 amide bonds. The normalized spacial score (nSPS) is 22.0. The molecule has 34 heavy (non-hydrogen) atoms. The Hall–Kier alpha value is -2.29. The molecule has 1 unspecified atom stereocenters. The summed E-state index contributed by atoms with van der Waals surface area (Å²) in [5, 5.41) is 3.52. The van der Waals surface area contributed by atoms with Gasteiger partial charge in [-0.25, -0.2) is 13.1 Å². The van der Waals surface area contributed by atoms with Gasteiger partial charge in [-0.05, 0) is 60.1 Å². The number of hydrogen-bond donors (Lipinski definition) is 2. The molecular weight excluding hydrogens is 474 g/mol. The van der Waals surface area contributed by atoms with Crippen molar-refractivity contribution in [2.24, 2.45) is 5.41 Å². The van der Waals surface area contributed by atoms with Crippen molar-refractivity contribution in [3.8, 4) is 0 Å². The lowest BCUT2D eigenvalue weighted by Crippen LogP contribution is -2.38. The first kappa shape index (κ1) is 23.5. The zero-order valence-corrected chi connectivity index (χ0v) is 21.0. The van der Waals surface area contributed by atoms with E-state index in [-0.39, 0.29) is 17.0 Å². The van der Waals surface area contributed by atoms with E-state index in [0.717, 1.165) is 29.9 Å². The lowest BCUT2D eigenvalue weighted by atomic mass is 9.72. The second-order valence-electron chi connectivity index (χ2n) is 10.1. The number of ether oxygens (including phenoxy) is 1. The topological polar surface area (TPSA) is 87.7 Å². The third kappa shape index (κ3) is 4.63. The fourth-order valence-corrected chi connectivity index (χ4v) is 6.52. The maximum Gasteiger partial charge on any atom is 0.266 e. The fraction of sp³-hybridized carbons (Fsp3) is 0.480. The van der Waals surface area contributed by atoms with Gasteiger partial charge in [-0.2, -0.15) is 0 Å². The Bertz CT molecular complexity index is 1220. The summed E-state index contributed by atoms with van der Waals surface area (Å²) in [4.78, 5) is 15.4. The van der Waals surface area contributed by atoms with E-state index in [4.69, 9.17) is 16.3 Å². The predicted molar refractivity (Wildman–Crippen MR) is 134 cm³/mol. The minimum Gasteiger partial charge on any atom is -0.378 e. The highest BCUT2D eigenvalue weighted by Gasteiger charge is 2.40. The molecule has 182 valence electrons. The predicted octanol–water partition coefficient (Wildman–Crippen LogP) is 4.13. The molecule has 0 spiro atoms. The minimum absolute atomic E-state index is 0.0752. The number of carbonyl (C=O) groups excluding carboxylic acids is 1.